The summed E-state index contributed by atoms with van der Waals surface area (Å²) in [6, 6.07) is 7.62. The van der Waals surface area contributed by atoms with Crippen LogP contribution in [0.5, 0.6) is 0 Å². The van der Waals surface area contributed by atoms with E-state index in [0.29, 0.717) is 10.3 Å². The third-order valence-corrected chi connectivity index (χ3v) is 2.33. The van der Waals surface area contributed by atoms with Crippen LogP contribution in [-0.2, 0) is 11.2 Å². The number of benzene rings is 1. The molecule has 0 atom stereocenters. The first-order valence-corrected chi connectivity index (χ1v) is 5.12. The van der Waals surface area contributed by atoms with Crippen molar-refractivity contribution in [2.45, 2.75) is 13.3 Å². The van der Waals surface area contributed by atoms with Gasteiger partial charge < -0.3 is 0 Å². The van der Waals surface area contributed by atoms with Crippen molar-refractivity contribution in [1.82, 2.24) is 0 Å². The Morgan fingerprint density at radius 2 is 2.08 bits per heavy atom. The van der Waals surface area contributed by atoms with Crippen LogP contribution in [0.25, 0.3) is 0 Å². The van der Waals surface area contributed by atoms with Crippen molar-refractivity contribution in [3.63, 3.8) is 0 Å². The molecule has 0 N–H and O–H groups in total. The minimum atomic E-state index is 0.144. The summed E-state index contributed by atoms with van der Waals surface area (Å²) in [4.78, 5) is 10.9. The topological polar surface area (TPSA) is 17.1 Å². The van der Waals surface area contributed by atoms with E-state index in [-0.39, 0.29) is 5.78 Å². The fourth-order valence-electron chi connectivity index (χ4n) is 1.13. The second-order valence-electron chi connectivity index (χ2n) is 2.81. The molecule has 1 aromatic carbocycles. The number of rotatable bonds is 3. The van der Waals surface area contributed by atoms with E-state index in [1.54, 1.807) is 6.92 Å². The van der Waals surface area contributed by atoms with Gasteiger partial charge in [-0.15, -0.1) is 0 Å². The second kappa shape index (κ2) is 4.71. The number of hydrogen-bond donors (Lipinski definition) is 0. The van der Waals surface area contributed by atoms with Crippen LogP contribution in [0, 0.1) is 0 Å². The quantitative estimate of drug-likeness (QED) is 0.755. The molecule has 0 radical (unpaired) electrons. The first kappa shape index (κ1) is 10.6. The third-order valence-electron chi connectivity index (χ3n) is 1.67. The monoisotopic (exact) mass is 260 g/mol. The standard InChI is InChI=1S/C10H9ClOSe/c1-7(12)6-8-4-2-3-5-9(8)10(11)13/h2-5H,6H2,1H3. The average molecular weight is 260 g/mol. The molecule has 0 aliphatic heterocycles. The van der Waals surface area contributed by atoms with Crippen molar-refractivity contribution in [2.24, 2.45) is 0 Å². The molecule has 0 fully saturated rings. The third kappa shape index (κ3) is 3.07. The summed E-state index contributed by atoms with van der Waals surface area (Å²) in [5.74, 6) is 0.144. The maximum absolute atomic E-state index is 10.9. The molecule has 3 heteroatoms. The molecule has 0 saturated heterocycles. The Kier molecular flexibility index (Phi) is 3.86. The van der Waals surface area contributed by atoms with Crippen LogP contribution in [0.15, 0.2) is 24.3 Å². The molecular weight excluding hydrogens is 251 g/mol. The number of ketones is 1. The van der Waals surface area contributed by atoms with Gasteiger partial charge >= 0.3 is 90.4 Å². The molecule has 1 nitrogen and oxygen atoms in total. The molecular formula is C10H9ClOSe. The summed E-state index contributed by atoms with van der Waals surface area (Å²) >= 11 is 8.58. The van der Waals surface area contributed by atoms with Gasteiger partial charge in [0, 0.05) is 0 Å². The van der Waals surface area contributed by atoms with E-state index in [1.807, 2.05) is 24.3 Å². The fourth-order valence-corrected chi connectivity index (χ4v) is 1.74. The normalized spacial score (nSPS) is 9.69. The van der Waals surface area contributed by atoms with Crippen LogP contribution in [0.2, 0.25) is 0 Å². The number of hydrogen-bond acceptors (Lipinski definition) is 1. The van der Waals surface area contributed by atoms with E-state index in [0.717, 1.165) is 11.1 Å². The molecule has 0 aliphatic rings. The van der Waals surface area contributed by atoms with Gasteiger partial charge in [-0.05, 0) is 0 Å². The first-order chi connectivity index (χ1) is 6.11. The number of Topliss-reactive ketones (excluding diaryl/α,β-unsaturated/α-hetero) is 1. The van der Waals surface area contributed by atoms with Gasteiger partial charge in [-0.1, -0.05) is 0 Å². The summed E-state index contributed by atoms with van der Waals surface area (Å²) in [7, 11) is 0. The summed E-state index contributed by atoms with van der Waals surface area (Å²) < 4.78 is 0.608. The molecule has 13 heavy (non-hydrogen) atoms. The molecule has 0 bridgehead atoms. The number of carbonyl (C=O) groups excluding carboxylic acids is 1. The van der Waals surface area contributed by atoms with E-state index in [2.05, 4.69) is 15.6 Å². The van der Waals surface area contributed by atoms with Gasteiger partial charge in [0.2, 0.25) is 0 Å². The van der Waals surface area contributed by atoms with Gasteiger partial charge in [0.25, 0.3) is 0 Å². The van der Waals surface area contributed by atoms with Crippen LogP contribution >= 0.6 is 11.6 Å². The Morgan fingerprint density at radius 1 is 1.46 bits per heavy atom. The molecule has 1 aromatic rings. The van der Waals surface area contributed by atoms with Crippen molar-refractivity contribution < 1.29 is 4.79 Å². The zero-order valence-electron chi connectivity index (χ0n) is 7.21. The number of carbonyl (C=O) groups is 1. The zero-order chi connectivity index (χ0) is 9.84. The van der Waals surface area contributed by atoms with Crippen molar-refractivity contribution in [2.75, 3.05) is 0 Å². The second-order valence-corrected chi connectivity index (χ2v) is 4.55. The fraction of sp³-hybridized carbons (Fsp3) is 0.200. The molecule has 0 unspecified atom stereocenters. The number of halogens is 1. The Balaban J connectivity index is 3.04. The van der Waals surface area contributed by atoms with Gasteiger partial charge in [-0.3, -0.25) is 0 Å². The van der Waals surface area contributed by atoms with E-state index in [9.17, 15) is 4.79 Å². The predicted octanol–water partition coefficient (Wildman–Crippen LogP) is 1.70. The van der Waals surface area contributed by atoms with Gasteiger partial charge in [-0.2, -0.15) is 0 Å². The molecule has 0 aromatic heterocycles. The van der Waals surface area contributed by atoms with Crippen LogP contribution in [0.3, 0.4) is 0 Å². The average Bonchev–Trinajstić information content (AvgIpc) is 2.03. The Morgan fingerprint density at radius 3 is 2.62 bits per heavy atom. The van der Waals surface area contributed by atoms with Gasteiger partial charge in [0.15, 0.2) is 0 Å². The molecule has 0 saturated carbocycles. The maximum atomic E-state index is 10.9. The Bertz CT molecular complexity index is 347. The predicted molar refractivity (Wildman–Crippen MR) is 56.5 cm³/mol. The van der Waals surface area contributed by atoms with E-state index in [1.165, 1.54) is 0 Å². The molecule has 0 heterocycles. The minimum absolute atomic E-state index is 0.144. The molecule has 0 aliphatic carbocycles. The molecule has 0 amide bonds. The van der Waals surface area contributed by atoms with Crippen LogP contribution in [-0.4, -0.2) is 25.2 Å². The van der Waals surface area contributed by atoms with Crippen molar-refractivity contribution in [1.29, 1.82) is 0 Å². The van der Waals surface area contributed by atoms with Crippen molar-refractivity contribution in [3.05, 3.63) is 35.4 Å². The summed E-state index contributed by atoms with van der Waals surface area (Å²) in [6.07, 6.45) is 0.439. The van der Waals surface area contributed by atoms with Gasteiger partial charge in [0.1, 0.15) is 0 Å². The van der Waals surface area contributed by atoms with Crippen LogP contribution in [0.1, 0.15) is 18.1 Å². The van der Waals surface area contributed by atoms with Crippen LogP contribution in [0.4, 0.5) is 0 Å². The Labute approximate surface area is 90.5 Å². The summed E-state index contributed by atoms with van der Waals surface area (Å²) in [5, 5.41) is 0. The van der Waals surface area contributed by atoms with Crippen molar-refractivity contribution in [3.8, 4) is 0 Å². The van der Waals surface area contributed by atoms with Crippen molar-refractivity contribution >= 4 is 36.8 Å². The van der Waals surface area contributed by atoms with E-state index >= 15 is 0 Å². The zero-order valence-corrected chi connectivity index (χ0v) is 9.68. The first-order valence-electron chi connectivity index (χ1n) is 3.88. The van der Waals surface area contributed by atoms with Gasteiger partial charge in [0.05, 0.1) is 0 Å². The summed E-state index contributed by atoms with van der Waals surface area (Å²) in [6.45, 7) is 1.57. The molecule has 1 rings (SSSR count). The molecule has 0 spiro atoms. The molecule has 68 valence electrons. The van der Waals surface area contributed by atoms with Gasteiger partial charge in [-0.25, -0.2) is 0 Å². The summed E-state index contributed by atoms with van der Waals surface area (Å²) in [5.41, 5.74) is 1.89. The Hall–Kier alpha value is -0.431. The SMILES string of the molecule is CC(=O)Cc1ccccc1C(Cl)=[Se]. The van der Waals surface area contributed by atoms with E-state index < -0.39 is 0 Å². The van der Waals surface area contributed by atoms with E-state index in [4.69, 9.17) is 11.6 Å². The van der Waals surface area contributed by atoms with Crippen LogP contribution < -0.4 is 0 Å².